The smallest absolute Gasteiger partial charge is 0.260 e. The summed E-state index contributed by atoms with van der Waals surface area (Å²) >= 11 is 0. The van der Waals surface area contributed by atoms with E-state index in [-0.39, 0.29) is 5.91 Å². The molecule has 1 heterocycles. The molecule has 0 aromatic heterocycles. The van der Waals surface area contributed by atoms with Crippen LogP contribution >= 0.6 is 0 Å². The van der Waals surface area contributed by atoms with Crippen LogP contribution in [0.1, 0.15) is 34.0 Å². The van der Waals surface area contributed by atoms with E-state index in [2.05, 4.69) is 5.18 Å². The third-order valence-corrected chi connectivity index (χ3v) is 6.07. The highest BCUT2D eigenvalue weighted by atomic mass is 16.5. The number of carbonyl (C=O) groups is 1. The first-order valence-corrected chi connectivity index (χ1v) is 10.9. The van der Waals surface area contributed by atoms with Gasteiger partial charge in [-0.1, -0.05) is 60.7 Å². The van der Waals surface area contributed by atoms with Gasteiger partial charge in [0.2, 0.25) is 0 Å². The highest BCUT2D eigenvalue weighted by Crippen LogP contribution is 2.51. The van der Waals surface area contributed by atoms with E-state index in [0.29, 0.717) is 17.9 Å². The van der Waals surface area contributed by atoms with Crippen LogP contribution in [-0.4, -0.2) is 12.5 Å². The van der Waals surface area contributed by atoms with Gasteiger partial charge < -0.3 is 4.74 Å². The second kappa shape index (κ2) is 8.36. The predicted octanol–water partition coefficient (Wildman–Crippen LogP) is 6.44. The molecule has 5 rings (SSSR count). The van der Waals surface area contributed by atoms with Gasteiger partial charge in [0.05, 0.1) is 6.61 Å². The van der Waals surface area contributed by atoms with Gasteiger partial charge >= 0.3 is 0 Å². The Labute approximate surface area is 192 Å². The average molecular weight is 434 g/mol. The maximum absolute atomic E-state index is 13.9. The van der Waals surface area contributed by atoms with Crippen LogP contribution < -0.4 is 9.64 Å². The number of hydrogen-bond donors (Lipinski definition) is 0. The maximum atomic E-state index is 13.9. The van der Waals surface area contributed by atoms with Gasteiger partial charge in [-0.25, -0.2) is 0 Å². The van der Waals surface area contributed by atoms with Crippen LogP contribution in [0.5, 0.6) is 5.75 Å². The summed E-state index contributed by atoms with van der Waals surface area (Å²) in [7, 11) is 0. The number of fused-ring (bicyclic) bond motifs is 1. The summed E-state index contributed by atoms with van der Waals surface area (Å²) < 4.78 is 5.67. The number of ether oxygens (including phenoxy) is 1. The molecule has 0 spiro atoms. The Morgan fingerprint density at radius 1 is 0.788 bits per heavy atom. The molecule has 5 nitrogen and oxygen atoms in total. The first-order chi connectivity index (χ1) is 16.2. The zero-order chi connectivity index (χ0) is 22.8. The van der Waals surface area contributed by atoms with E-state index in [1.807, 2.05) is 103 Å². The fourth-order valence-corrected chi connectivity index (χ4v) is 4.72. The summed E-state index contributed by atoms with van der Waals surface area (Å²) in [6, 6.07) is 32.3. The molecule has 33 heavy (non-hydrogen) atoms. The van der Waals surface area contributed by atoms with Gasteiger partial charge in [0.25, 0.3) is 5.91 Å². The largest absolute Gasteiger partial charge is 0.494 e. The van der Waals surface area contributed by atoms with Gasteiger partial charge in [-0.05, 0) is 71.3 Å². The highest BCUT2D eigenvalue weighted by molar-refractivity contribution is 6.13. The van der Waals surface area contributed by atoms with E-state index in [0.717, 1.165) is 28.1 Å². The molecule has 0 bridgehead atoms. The van der Waals surface area contributed by atoms with Gasteiger partial charge in [0.1, 0.15) is 17.0 Å². The quantitative estimate of drug-likeness (QED) is 0.328. The molecule has 1 atom stereocenters. The molecular formula is C28H22N2O3. The average Bonchev–Trinajstić information content (AvgIpc) is 3.15. The molecule has 4 aromatic rings. The maximum Gasteiger partial charge on any atom is 0.260 e. The lowest BCUT2D eigenvalue weighted by atomic mass is 9.76. The van der Waals surface area contributed by atoms with Gasteiger partial charge in [-0.3, -0.25) is 9.69 Å². The van der Waals surface area contributed by atoms with E-state index in [1.54, 1.807) is 12.1 Å². The van der Waals surface area contributed by atoms with Crippen molar-refractivity contribution in [3.63, 3.8) is 0 Å². The lowest BCUT2D eigenvalue weighted by molar-refractivity contribution is 0.0986. The molecule has 5 heteroatoms. The normalized spacial score (nSPS) is 17.0. The van der Waals surface area contributed by atoms with Crippen molar-refractivity contribution in [1.29, 1.82) is 0 Å². The van der Waals surface area contributed by atoms with Crippen molar-refractivity contribution in [3.8, 4) is 5.75 Å². The lowest BCUT2D eigenvalue weighted by Gasteiger charge is -2.40. The van der Waals surface area contributed by atoms with Crippen molar-refractivity contribution in [3.05, 3.63) is 130 Å². The van der Waals surface area contributed by atoms with Crippen molar-refractivity contribution in [2.24, 2.45) is 5.18 Å². The number of nitroso groups, excluding NO2 is 1. The van der Waals surface area contributed by atoms with E-state index in [1.165, 1.54) is 0 Å². The number of hydrogen-bond acceptors (Lipinski definition) is 4. The molecule has 1 amide bonds. The molecule has 1 aliphatic rings. The second-order valence-corrected chi connectivity index (χ2v) is 7.83. The molecular weight excluding hydrogens is 412 g/mol. The Hall–Kier alpha value is -4.25. The van der Waals surface area contributed by atoms with E-state index >= 15 is 0 Å². The number of anilines is 1. The molecule has 0 aliphatic carbocycles. The van der Waals surface area contributed by atoms with Crippen LogP contribution in [-0.2, 0) is 5.54 Å². The van der Waals surface area contributed by atoms with E-state index in [4.69, 9.17) is 4.74 Å². The zero-order valence-electron chi connectivity index (χ0n) is 18.1. The second-order valence-electron chi connectivity index (χ2n) is 7.83. The Morgan fingerprint density at radius 3 is 2.03 bits per heavy atom. The minimum atomic E-state index is -0.929. The topological polar surface area (TPSA) is 59.0 Å². The summed E-state index contributed by atoms with van der Waals surface area (Å²) in [5.74, 6) is 0.684. The molecule has 0 N–H and O–H groups in total. The van der Waals surface area contributed by atoms with Gasteiger partial charge in [0, 0.05) is 11.3 Å². The molecule has 1 aliphatic heterocycles. The van der Waals surface area contributed by atoms with Crippen LogP contribution in [0.2, 0.25) is 0 Å². The Bertz CT molecular complexity index is 1300. The van der Waals surface area contributed by atoms with Gasteiger partial charge in [-0.15, -0.1) is 4.91 Å². The third-order valence-electron chi connectivity index (χ3n) is 6.07. The van der Waals surface area contributed by atoms with E-state index in [9.17, 15) is 9.70 Å². The molecule has 162 valence electrons. The number of rotatable bonds is 6. The number of carbonyl (C=O) groups excluding carboxylic acids is 1. The minimum Gasteiger partial charge on any atom is -0.494 e. The number of benzene rings is 4. The number of nitrogens with zero attached hydrogens (tertiary/aromatic N) is 2. The summed E-state index contributed by atoms with van der Waals surface area (Å²) in [5.41, 5.74) is 3.50. The van der Waals surface area contributed by atoms with E-state index < -0.39 is 5.54 Å². The monoisotopic (exact) mass is 434 g/mol. The number of amides is 1. The summed E-state index contributed by atoms with van der Waals surface area (Å²) in [4.78, 5) is 26.8. The van der Waals surface area contributed by atoms with Gasteiger partial charge in [-0.2, -0.15) is 0 Å². The SMILES string of the molecule is CCOc1ccc(C2(c3ccc(N=O)cc3)c3ccccc3C(=O)N2c2ccccc2)cc1. The molecule has 0 saturated carbocycles. The molecule has 4 aromatic carbocycles. The van der Waals surface area contributed by atoms with Crippen LogP contribution in [0.4, 0.5) is 11.4 Å². The molecule has 0 radical (unpaired) electrons. The van der Waals surface area contributed by atoms with Crippen LogP contribution in [0, 0.1) is 4.91 Å². The van der Waals surface area contributed by atoms with Crippen LogP contribution in [0.3, 0.4) is 0 Å². The molecule has 0 fully saturated rings. The number of para-hydroxylation sites is 1. The molecule has 0 saturated heterocycles. The fraction of sp³-hybridized carbons (Fsp3) is 0.107. The van der Waals surface area contributed by atoms with Crippen LogP contribution in [0.25, 0.3) is 0 Å². The zero-order valence-corrected chi connectivity index (χ0v) is 18.1. The summed E-state index contributed by atoms with van der Waals surface area (Å²) in [6.07, 6.45) is 0. The highest BCUT2D eigenvalue weighted by Gasteiger charge is 2.52. The van der Waals surface area contributed by atoms with Crippen molar-refractivity contribution in [1.82, 2.24) is 0 Å². The Morgan fingerprint density at radius 2 is 1.39 bits per heavy atom. The Balaban J connectivity index is 1.85. The predicted molar refractivity (Wildman–Crippen MR) is 129 cm³/mol. The van der Waals surface area contributed by atoms with Crippen molar-refractivity contribution >= 4 is 17.3 Å². The van der Waals surface area contributed by atoms with Crippen LogP contribution in [0.15, 0.2) is 108 Å². The standard InChI is InChI=1S/C28H22N2O3/c1-2-33-24-18-14-21(15-19-24)28(20-12-16-22(29-32)17-13-20)26-11-7-6-10-25(26)27(31)30(28)23-8-4-3-5-9-23/h3-19H,2H2,1H3. The lowest BCUT2D eigenvalue weighted by Crippen LogP contribution is -2.46. The first kappa shape index (κ1) is 20.6. The van der Waals surface area contributed by atoms with Crippen molar-refractivity contribution in [2.75, 3.05) is 11.5 Å². The van der Waals surface area contributed by atoms with Gasteiger partial charge in [0.15, 0.2) is 0 Å². The third kappa shape index (κ3) is 3.21. The van der Waals surface area contributed by atoms with Crippen molar-refractivity contribution in [2.45, 2.75) is 12.5 Å². The fourth-order valence-electron chi connectivity index (χ4n) is 4.72. The summed E-state index contributed by atoms with van der Waals surface area (Å²) in [5, 5.41) is 3.06. The molecule has 1 unspecified atom stereocenters. The first-order valence-electron chi connectivity index (χ1n) is 10.9. The summed E-state index contributed by atoms with van der Waals surface area (Å²) in [6.45, 7) is 2.52. The minimum absolute atomic E-state index is 0.0803. The van der Waals surface area contributed by atoms with Crippen molar-refractivity contribution < 1.29 is 9.53 Å². The Kier molecular flexibility index (Phi) is 5.23.